The van der Waals surface area contributed by atoms with Crippen molar-refractivity contribution in [1.29, 1.82) is 0 Å². The highest BCUT2D eigenvalue weighted by Crippen LogP contribution is 2.29. The van der Waals surface area contributed by atoms with E-state index >= 15 is 0 Å². The average molecular weight is 304 g/mol. The summed E-state index contributed by atoms with van der Waals surface area (Å²) in [5.41, 5.74) is 7.93. The lowest BCUT2D eigenvalue weighted by atomic mass is 10.1. The number of nitrogens with zero attached hydrogens (tertiary/aromatic N) is 2. The Bertz CT molecular complexity index is 614. The van der Waals surface area contributed by atoms with Crippen LogP contribution in [-0.2, 0) is 6.54 Å². The first kappa shape index (κ1) is 15.3. The Morgan fingerprint density at radius 3 is 2.67 bits per heavy atom. The highest BCUT2D eigenvalue weighted by atomic mass is 35.5. The van der Waals surface area contributed by atoms with E-state index in [1.165, 1.54) is 0 Å². The lowest BCUT2D eigenvalue weighted by Gasteiger charge is -2.22. The number of hydrogen-bond donors (Lipinski definition) is 1. The maximum atomic E-state index is 12.6. The molecule has 0 aliphatic heterocycles. The number of pyridine rings is 1. The number of amides is 1. The predicted molar refractivity (Wildman–Crippen MR) is 85.2 cm³/mol. The predicted octanol–water partition coefficient (Wildman–Crippen LogP) is 2.89. The fourth-order valence-electron chi connectivity index (χ4n) is 2.26. The highest BCUT2D eigenvalue weighted by molar-refractivity contribution is 5.95. The second kappa shape index (κ2) is 6.59. The van der Waals surface area contributed by atoms with Gasteiger partial charge in [0.25, 0.3) is 5.91 Å². The van der Waals surface area contributed by atoms with Crippen LogP contribution in [0.5, 0.6) is 0 Å². The Hall–Kier alpha value is -2.07. The standard InChI is InChI=1S/C16H17N3O.ClH/c17-13-5-3-4-12(10-13)16(20)19(15-7-8-15)11-14-6-1-2-9-18-14;/h1-6,9-10,15H,7-8,11,17H2;1H. The number of carbonyl (C=O) groups excluding carboxylic acids is 1. The van der Waals surface area contributed by atoms with E-state index < -0.39 is 0 Å². The Kier molecular flexibility index (Phi) is 4.81. The van der Waals surface area contributed by atoms with Crippen LogP contribution in [-0.4, -0.2) is 21.8 Å². The summed E-state index contributed by atoms with van der Waals surface area (Å²) in [4.78, 5) is 18.8. The molecule has 1 aliphatic carbocycles. The van der Waals surface area contributed by atoms with Crippen molar-refractivity contribution in [3.05, 3.63) is 59.9 Å². The summed E-state index contributed by atoms with van der Waals surface area (Å²) in [6.45, 7) is 0.555. The molecule has 1 heterocycles. The zero-order valence-corrected chi connectivity index (χ0v) is 12.4. The summed E-state index contributed by atoms with van der Waals surface area (Å²) < 4.78 is 0. The highest BCUT2D eigenvalue weighted by Gasteiger charge is 2.33. The molecule has 110 valence electrons. The van der Waals surface area contributed by atoms with Gasteiger partial charge in [0.15, 0.2) is 0 Å². The Morgan fingerprint density at radius 1 is 1.24 bits per heavy atom. The van der Waals surface area contributed by atoms with Crippen LogP contribution in [0.3, 0.4) is 0 Å². The van der Waals surface area contributed by atoms with Crippen LogP contribution >= 0.6 is 12.4 Å². The van der Waals surface area contributed by atoms with Crippen molar-refractivity contribution in [2.75, 3.05) is 5.73 Å². The summed E-state index contributed by atoms with van der Waals surface area (Å²) in [5, 5.41) is 0. The molecular formula is C16H18ClN3O. The number of benzene rings is 1. The number of aromatic nitrogens is 1. The van der Waals surface area contributed by atoms with Gasteiger partial charge in [-0.15, -0.1) is 12.4 Å². The number of hydrogen-bond acceptors (Lipinski definition) is 3. The third kappa shape index (κ3) is 3.73. The molecule has 0 unspecified atom stereocenters. The van der Waals surface area contributed by atoms with E-state index in [1.807, 2.05) is 35.2 Å². The molecule has 1 aromatic heterocycles. The first-order valence-electron chi connectivity index (χ1n) is 6.80. The largest absolute Gasteiger partial charge is 0.399 e. The van der Waals surface area contributed by atoms with E-state index in [4.69, 9.17) is 5.73 Å². The van der Waals surface area contributed by atoms with Gasteiger partial charge >= 0.3 is 0 Å². The lowest BCUT2D eigenvalue weighted by Crippen LogP contribution is -2.32. The molecule has 0 saturated heterocycles. The molecule has 2 aromatic rings. The van der Waals surface area contributed by atoms with Gasteiger partial charge < -0.3 is 10.6 Å². The van der Waals surface area contributed by atoms with Crippen molar-refractivity contribution in [3.63, 3.8) is 0 Å². The Morgan fingerprint density at radius 2 is 2.05 bits per heavy atom. The molecule has 0 atom stereocenters. The molecule has 5 heteroatoms. The van der Waals surface area contributed by atoms with Gasteiger partial charge in [-0.3, -0.25) is 9.78 Å². The SMILES string of the molecule is Cl.Nc1cccc(C(=O)N(Cc2ccccn2)C2CC2)c1. The number of halogens is 1. The maximum absolute atomic E-state index is 12.6. The summed E-state index contributed by atoms with van der Waals surface area (Å²) in [5.74, 6) is 0.0328. The number of anilines is 1. The van der Waals surface area contributed by atoms with Gasteiger partial charge in [0, 0.05) is 23.5 Å². The Balaban J connectivity index is 0.00000161. The van der Waals surface area contributed by atoms with Crippen molar-refractivity contribution in [2.24, 2.45) is 0 Å². The fraction of sp³-hybridized carbons (Fsp3) is 0.250. The average Bonchev–Trinajstić information content (AvgIpc) is 3.30. The van der Waals surface area contributed by atoms with Crippen LogP contribution in [0.25, 0.3) is 0 Å². The van der Waals surface area contributed by atoms with Gasteiger partial charge in [0.1, 0.15) is 0 Å². The fourth-order valence-corrected chi connectivity index (χ4v) is 2.26. The summed E-state index contributed by atoms with van der Waals surface area (Å²) >= 11 is 0. The minimum absolute atomic E-state index is 0. The van der Waals surface area contributed by atoms with Crippen LogP contribution in [0.15, 0.2) is 48.7 Å². The van der Waals surface area contributed by atoms with Crippen LogP contribution in [0.1, 0.15) is 28.9 Å². The number of carbonyl (C=O) groups is 1. The van der Waals surface area contributed by atoms with Crippen LogP contribution < -0.4 is 5.73 Å². The zero-order valence-electron chi connectivity index (χ0n) is 11.6. The van der Waals surface area contributed by atoms with Crippen molar-refractivity contribution in [2.45, 2.75) is 25.4 Å². The molecule has 1 aromatic carbocycles. The zero-order chi connectivity index (χ0) is 13.9. The molecule has 2 N–H and O–H groups in total. The van der Waals surface area contributed by atoms with Crippen molar-refractivity contribution in [3.8, 4) is 0 Å². The van der Waals surface area contributed by atoms with Gasteiger partial charge in [0.2, 0.25) is 0 Å². The molecule has 0 bridgehead atoms. The summed E-state index contributed by atoms with van der Waals surface area (Å²) in [6.07, 6.45) is 3.90. The second-order valence-corrected chi connectivity index (χ2v) is 5.11. The minimum atomic E-state index is 0. The molecule has 21 heavy (non-hydrogen) atoms. The van der Waals surface area contributed by atoms with Crippen molar-refractivity contribution in [1.82, 2.24) is 9.88 Å². The Labute approximate surface area is 130 Å². The second-order valence-electron chi connectivity index (χ2n) is 5.11. The van der Waals surface area contributed by atoms with Crippen LogP contribution in [0.2, 0.25) is 0 Å². The lowest BCUT2D eigenvalue weighted by molar-refractivity contribution is 0.0728. The minimum Gasteiger partial charge on any atom is -0.399 e. The number of rotatable bonds is 4. The summed E-state index contributed by atoms with van der Waals surface area (Å²) in [6, 6.07) is 13.3. The van der Waals surface area contributed by atoms with E-state index in [2.05, 4.69) is 4.98 Å². The van der Waals surface area contributed by atoms with E-state index in [-0.39, 0.29) is 18.3 Å². The maximum Gasteiger partial charge on any atom is 0.254 e. The molecule has 1 amide bonds. The first-order chi connectivity index (χ1) is 9.74. The van der Waals surface area contributed by atoms with E-state index in [1.54, 1.807) is 18.3 Å². The van der Waals surface area contributed by atoms with Crippen molar-refractivity contribution < 1.29 is 4.79 Å². The molecule has 4 nitrogen and oxygen atoms in total. The molecular weight excluding hydrogens is 286 g/mol. The van der Waals surface area contributed by atoms with Gasteiger partial charge in [-0.2, -0.15) is 0 Å². The molecule has 1 fully saturated rings. The molecule has 0 radical (unpaired) electrons. The quantitative estimate of drug-likeness (QED) is 0.884. The van der Waals surface area contributed by atoms with Crippen LogP contribution in [0, 0.1) is 0 Å². The molecule has 3 rings (SSSR count). The smallest absolute Gasteiger partial charge is 0.254 e. The monoisotopic (exact) mass is 303 g/mol. The molecule has 1 saturated carbocycles. The van der Waals surface area contributed by atoms with E-state index in [0.29, 0.717) is 23.8 Å². The summed E-state index contributed by atoms with van der Waals surface area (Å²) in [7, 11) is 0. The third-order valence-electron chi connectivity index (χ3n) is 3.44. The van der Waals surface area contributed by atoms with E-state index in [9.17, 15) is 4.79 Å². The van der Waals surface area contributed by atoms with E-state index in [0.717, 1.165) is 18.5 Å². The number of nitrogens with two attached hydrogens (primary N) is 1. The molecule has 0 spiro atoms. The van der Waals surface area contributed by atoms with Gasteiger partial charge in [-0.25, -0.2) is 0 Å². The van der Waals surface area contributed by atoms with Crippen LogP contribution in [0.4, 0.5) is 5.69 Å². The van der Waals surface area contributed by atoms with Crippen molar-refractivity contribution >= 4 is 24.0 Å². The van der Waals surface area contributed by atoms with Gasteiger partial charge in [-0.1, -0.05) is 12.1 Å². The molecule has 1 aliphatic rings. The topological polar surface area (TPSA) is 59.2 Å². The van der Waals surface area contributed by atoms with Gasteiger partial charge in [-0.05, 0) is 43.2 Å². The number of nitrogen functional groups attached to an aromatic ring is 1. The normalized spacial score (nSPS) is 13.3. The van der Waals surface area contributed by atoms with Gasteiger partial charge in [0.05, 0.1) is 12.2 Å². The first-order valence-corrected chi connectivity index (χ1v) is 6.80. The third-order valence-corrected chi connectivity index (χ3v) is 3.44.